The number of nitrogens with zero attached hydrogens (tertiary/aromatic N) is 3. The molecule has 0 unspecified atom stereocenters. The second-order valence-corrected chi connectivity index (χ2v) is 3.94. The van der Waals surface area contributed by atoms with Gasteiger partial charge in [-0.1, -0.05) is 17.8 Å². The fourth-order valence-corrected chi connectivity index (χ4v) is 1.55. The zero-order chi connectivity index (χ0) is 11.9. The Morgan fingerprint density at radius 1 is 1.65 bits per heavy atom. The molecule has 0 fully saturated rings. The van der Waals surface area contributed by atoms with Gasteiger partial charge in [0.05, 0.1) is 12.5 Å². The Kier molecular flexibility index (Phi) is 3.98. The van der Waals surface area contributed by atoms with Crippen LogP contribution in [0.4, 0.5) is 5.95 Å². The summed E-state index contributed by atoms with van der Waals surface area (Å²) in [6.07, 6.45) is 4.93. The number of aromatic nitrogens is 3. The topological polar surface area (TPSA) is 79.1 Å². The molecule has 7 heteroatoms. The first kappa shape index (κ1) is 11.5. The summed E-state index contributed by atoms with van der Waals surface area (Å²) < 4.78 is 5.08. The molecule has 2 heterocycles. The highest BCUT2D eigenvalue weighted by molar-refractivity contribution is 7.99. The van der Waals surface area contributed by atoms with Crippen LogP contribution in [0.5, 0.6) is 0 Å². The summed E-state index contributed by atoms with van der Waals surface area (Å²) in [6.45, 7) is 3.62. The summed E-state index contributed by atoms with van der Waals surface area (Å²) >= 11 is 1.49. The van der Waals surface area contributed by atoms with E-state index in [1.807, 2.05) is 0 Å². The van der Waals surface area contributed by atoms with Crippen LogP contribution in [0.25, 0.3) is 0 Å². The molecule has 0 aliphatic heterocycles. The first-order valence-electron chi connectivity index (χ1n) is 4.87. The van der Waals surface area contributed by atoms with Gasteiger partial charge in [-0.05, 0) is 12.1 Å². The lowest BCUT2D eigenvalue weighted by Crippen LogP contribution is -1.91. The predicted molar refractivity (Wildman–Crippen MR) is 67.2 cm³/mol. The van der Waals surface area contributed by atoms with Crippen LogP contribution in [0, 0.1) is 0 Å². The van der Waals surface area contributed by atoms with Crippen molar-refractivity contribution in [2.24, 2.45) is 5.10 Å². The third-order valence-corrected chi connectivity index (χ3v) is 2.54. The smallest absolute Gasteiger partial charge is 0.240 e. The van der Waals surface area contributed by atoms with Crippen molar-refractivity contribution >= 4 is 23.9 Å². The van der Waals surface area contributed by atoms with Crippen molar-refractivity contribution < 1.29 is 4.42 Å². The van der Waals surface area contributed by atoms with Gasteiger partial charge in [-0.25, -0.2) is 10.5 Å². The van der Waals surface area contributed by atoms with Crippen molar-refractivity contribution in [3.63, 3.8) is 0 Å². The van der Waals surface area contributed by atoms with E-state index in [0.29, 0.717) is 16.9 Å². The maximum atomic E-state index is 5.08. The number of hydrogen-bond acceptors (Lipinski definition) is 6. The van der Waals surface area contributed by atoms with Crippen molar-refractivity contribution in [1.82, 2.24) is 15.2 Å². The molecule has 0 amide bonds. The van der Waals surface area contributed by atoms with Crippen molar-refractivity contribution in [3.05, 3.63) is 36.8 Å². The molecule has 88 valence electrons. The zero-order valence-electron chi connectivity index (χ0n) is 8.96. The molecule has 2 aromatic rings. The third kappa shape index (κ3) is 3.49. The summed E-state index contributed by atoms with van der Waals surface area (Å²) in [6, 6.07) is 3.59. The van der Waals surface area contributed by atoms with Gasteiger partial charge < -0.3 is 4.42 Å². The lowest BCUT2D eigenvalue weighted by atomic mass is 10.5. The number of rotatable bonds is 6. The fraction of sp³-hybridized carbons (Fsp3) is 0.100. The Morgan fingerprint density at radius 2 is 2.59 bits per heavy atom. The van der Waals surface area contributed by atoms with Crippen molar-refractivity contribution in [2.75, 3.05) is 11.2 Å². The largest absolute Gasteiger partial charge is 0.463 e. The molecule has 17 heavy (non-hydrogen) atoms. The van der Waals surface area contributed by atoms with Gasteiger partial charge in [-0.2, -0.15) is 10.1 Å². The van der Waals surface area contributed by atoms with Crippen molar-refractivity contribution in [1.29, 1.82) is 0 Å². The highest BCUT2D eigenvalue weighted by Gasteiger charge is 2.00. The van der Waals surface area contributed by atoms with Crippen molar-refractivity contribution in [3.8, 4) is 0 Å². The van der Waals surface area contributed by atoms with Gasteiger partial charge in [0.2, 0.25) is 11.1 Å². The number of aromatic amines is 1. The van der Waals surface area contributed by atoms with Crippen LogP contribution in [0.3, 0.4) is 0 Å². The van der Waals surface area contributed by atoms with E-state index in [1.54, 1.807) is 30.7 Å². The Hall–Kier alpha value is -2.02. The highest BCUT2D eigenvalue weighted by Crippen LogP contribution is 2.13. The van der Waals surface area contributed by atoms with Gasteiger partial charge in [0.1, 0.15) is 5.76 Å². The van der Waals surface area contributed by atoms with Crippen LogP contribution in [0.15, 0.2) is 45.7 Å². The Morgan fingerprint density at radius 3 is 3.35 bits per heavy atom. The van der Waals surface area contributed by atoms with Crippen LogP contribution in [0.2, 0.25) is 0 Å². The second kappa shape index (κ2) is 5.90. The average molecular weight is 249 g/mol. The van der Waals surface area contributed by atoms with E-state index < -0.39 is 0 Å². The summed E-state index contributed by atoms with van der Waals surface area (Å²) in [5.74, 6) is 1.92. The minimum atomic E-state index is 0.486. The minimum absolute atomic E-state index is 0.486. The molecular weight excluding hydrogens is 238 g/mol. The van der Waals surface area contributed by atoms with Crippen LogP contribution >= 0.6 is 11.8 Å². The zero-order valence-corrected chi connectivity index (χ0v) is 9.78. The van der Waals surface area contributed by atoms with E-state index in [2.05, 4.69) is 32.3 Å². The predicted octanol–water partition coefficient (Wildman–Crippen LogP) is 2.12. The van der Waals surface area contributed by atoms with Gasteiger partial charge in [0.15, 0.2) is 0 Å². The molecule has 0 radical (unpaired) electrons. The van der Waals surface area contributed by atoms with E-state index >= 15 is 0 Å². The number of hydrazone groups is 1. The van der Waals surface area contributed by atoms with E-state index in [4.69, 9.17) is 4.42 Å². The molecule has 0 aliphatic rings. The average Bonchev–Trinajstić information content (AvgIpc) is 2.98. The number of anilines is 1. The van der Waals surface area contributed by atoms with E-state index in [0.717, 1.165) is 5.75 Å². The third-order valence-electron chi connectivity index (χ3n) is 1.70. The Bertz CT molecular complexity index is 491. The lowest BCUT2D eigenvalue weighted by molar-refractivity contribution is 0.560. The van der Waals surface area contributed by atoms with E-state index in [1.165, 1.54) is 11.8 Å². The molecule has 2 rings (SSSR count). The summed E-state index contributed by atoms with van der Waals surface area (Å²) in [5.41, 5.74) is 2.72. The highest BCUT2D eigenvalue weighted by atomic mass is 32.2. The first-order valence-corrected chi connectivity index (χ1v) is 5.85. The number of hydrogen-bond donors (Lipinski definition) is 2. The van der Waals surface area contributed by atoms with Gasteiger partial charge in [0, 0.05) is 5.75 Å². The monoisotopic (exact) mass is 249 g/mol. The Balaban J connectivity index is 1.86. The quantitative estimate of drug-likeness (QED) is 0.355. The van der Waals surface area contributed by atoms with E-state index in [9.17, 15) is 0 Å². The molecule has 0 spiro atoms. The minimum Gasteiger partial charge on any atom is -0.463 e. The van der Waals surface area contributed by atoms with Gasteiger partial charge in [-0.3, -0.25) is 0 Å². The molecule has 2 N–H and O–H groups in total. The molecular formula is C10H11N5OS. The van der Waals surface area contributed by atoms with Crippen LogP contribution in [-0.4, -0.2) is 27.1 Å². The van der Waals surface area contributed by atoms with Crippen LogP contribution in [0.1, 0.15) is 5.76 Å². The standard InChI is InChI=1S/C10H11N5OS/c1-2-6-17-10-12-9(14-15-10)13-11-7-8-4-3-5-16-8/h2-5,7H,1,6H2,(H2,12,13,14,15)/b11-7-. The molecule has 0 saturated heterocycles. The number of furan rings is 1. The number of thioether (sulfide) groups is 1. The molecule has 0 aromatic carbocycles. The van der Waals surface area contributed by atoms with Gasteiger partial charge >= 0.3 is 0 Å². The molecule has 0 bridgehead atoms. The maximum Gasteiger partial charge on any atom is 0.240 e. The lowest BCUT2D eigenvalue weighted by Gasteiger charge is -1.90. The number of nitrogens with one attached hydrogen (secondary N) is 2. The molecule has 6 nitrogen and oxygen atoms in total. The van der Waals surface area contributed by atoms with Crippen LogP contribution < -0.4 is 5.43 Å². The molecule has 0 atom stereocenters. The normalized spacial score (nSPS) is 10.8. The van der Waals surface area contributed by atoms with Gasteiger partial charge in [0.25, 0.3) is 0 Å². The molecule has 2 aromatic heterocycles. The van der Waals surface area contributed by atoms with Crippen LogP contribution in [-0.2, 0) is 0 Å². The SMILES string of the molecule is C=CCSc1n[nH]c(N/N=C\c2ccco2)n1. The first-order chi connectivity index (χ1) is 8.38. The maximum absolute atomic E-state index is 5.08. The summed E-state index contributed by atoms with van der Waals surface area (Å²) in [7, 11) is 0. The molecule has 0 aliphatic carbocycles. The summed E-state index contributed by atoms with van der Waals surface area (Å²) in [5, 5.41) is 11.3. The number of H-pyrrole nitrogens is 1. The van der Waals surface area contributed by atoms with Gasteiger partial charge in [-0.15, -0.1) is 11.7 Å². The fourth-order valence-electron chi connectivity index (χ4n) is 1.02. The van der Waals surface area contributed by atoms with E-state index in [-0.39, 0.29) is 0 Å². The summed E-state index contributed by atoms with van der Waals surface area (Å²) in [4.78, 5) is 4.16. The molecule has 0 saturated carbocycles. The Labute approximate surface area is 102 Å². The van der Waals surface area contributed by atoms with Crippen molar-refractivity contribution in [2.45, 2.75) is 5.16 Å². The second-order valence-electron chi connectivity index (χ2n) is 2.95.